The molecule has 4 aliphatic rings. The van der Waals surface area contributed by atoms with E-state index in [0.29, 0.717) is 53.7 Å². The summed E-state index contributed by atoms with van der Waals surface area (Å²) >= 11 is 0. The number of ether oxygens (including phenoxy) is 2. The molecule has 238 valence electrons. The fourth-order valence-electron chi connectivity index (χ4n) is 8.32. The lowest BCUT2D eigenvalue weighted by atomic mass is 9.95. The minimum atomic E-state index is -0.911. The lowest BCUT2D eigenvalue weighted by molar-refractivity contribution is 0.107. The quantitative estimate of drug-likeness (QED) is 0.285. The summed E-state index contributed by atoms with van der Waals surface area (Å²) in [5, 5.41) is 4.83. The highest BCUT2D eigenvalue weighted by molar-refractivity contribution is 6.03. The van der Waals surface area contributed by atoms with Crippen LogP contribution >= 0.6 is 0 Å². The van der Waals surface area contributed by atoms with Crippen LogP contribution in [0.15, 0.2) is 30.3 Å². The van der Waals surface area contributed by atoms with Gasteiger partial charge in [0.1, 0.15) is 47.6 Å². The monoisotopic (exact) mass is 628 g/mol. The fourth-order valence-corrected chi connectivity index (χ4v) is 8.32. The van der Waals surface area contributed by atoms with Gasteiger partial charge in [0.25, 0.3) is 0 Å². The lowest BCUT2D eigenvalue weighted by Crippen LogP contribution is -2.47. The molecule has 0 unspecified atom stereocenters. The largest absolute Gasteiger partial charge is 0.475 e. The van der Waals surface area contributed by atoms with Crippen molar-refractivity contribution in [1.29, 1.82) is 0 Å². The minimum absolute atomic E-state index is 0.00265. The topological polar surface area (TPSA) is 75.6 Å². The van der Waals surface area contributed by atoms with Gasteiger partial charge in [-0.15, -0.1) is 6.42 Å². The van der Waals surface area contributed by atoms with Gasteiger partial charge >= 0.3 is 6.01 Å². The second-order valence-electron chi connectivity index (χ2n) is 12.9. The molecule has 1 saturated carbocycles. The number of alkyl halides is 1. The molecule has 3 fully saturated rings. The Labute approximate surface area is 265 Å². The van der Waals surface area contributed by atoms with Crippen LogP contribution in [0.1, 0.15) is 44.1 Å². The van der Waals surface area contributed by atoms with Crippen LogP contribution in [0.5, 0.6) is 11.9 Å². The Kier molecular flexibility index (Phi) is 7.18. The standard InChI is InChI=1S/C35H35F3N6O2/c1-3-22-24(37)12-11-20-7-4-8-23(27(20)22)30-29(38)31-28-32(44(15-16-45-33(28)40-30)26-10-5-9-25(26)39-2)42-34(41-31)46-19-35-13-6-14-43(35)18-21(36)17-35/h1,4,7-8,11-12,21,25-26,39H,5-6,9-10,13-19H2,2H3/t21-,25-,26-,35+/m1/s1. The number of halogens is 3. The molecule has 1 N–H and O–H groups in total. The van der Waals surface area contributed by atoms with Crippen LogP contribution in [-0.2, 0) is 0 Å². The van der Waals surface area contributed by atoms with Crippen molar-refractivity contribution in [2.24, 2.45) is 0 Å². The SMILES string of the molecule is C#Cc1c(F)ccc2cccc(-c3nc4c5c(nc(OC[C@@]67CCCN6C[C@H](F)C7)nc5c3F)N([C@@H]3CCC[C@H]3NC)CCO4)c12. The van der Waals surface area contributed by atoms with Gasteiger partial charge in [0.2, 0.25) is 5.88 Å². The van der Waals surface area contributed by atoms with Gasteiger partial charge in [0, 0.05) is 36.0 Å². The number of anilines is 1. The minimum Gasteiger partial charge on any atom is -0.475 e. The Bertz CT molecular complexity index is 1900. The second kappa shape index (κ2) is 11.3. The first kappa shape index (κ1) is 29.3. The summed E-state index contributed by atoms with van der Waals surface area (Å²) < 4.78 is 59.0. The van der Waals surface area contributed by atoms with Crippen molar-refractivity contribution in [2.45, 2.75) is 62.3 Å². The number of aromatic nitrogens is 3. The van der Waals surface area contributed by atoms with E-state index in [-0.39, 0.29) is 47.4 Å². The zero-order valence-electron chi connectivity index (χ0n) is 25.7. The molecule has 8 nitrogen and oxygen atoms in total. The van der Waals surface area contributed by atoms with Crippen LogP contribution in [0.2, 0.25) is 0 Å². The third kappa shape index (κ3) is 4.56. The number of fused-ring (bicyclic) bond motifs is 2. The fraction of sp³-hybridized carbons (Fsp3) is 0.457. The zero-order valence-corrected chi connectivity index (χ0v) is 25.7. The number of hydrogen-bond acceptors (Lipinski definition) is 8. The molecule has 46 heavy (non-hydrogen) atoms. The average Bonchev–Trinajstić information content (AvgIpc) is 3.73. The molecule has 4 atom stereocenters. The Morgan fingerprint density at radius 1 is 1.11 bits per heavy atom. The van der Waals surface area contributed by atoms with Gasteiger partial charge in [-0.1, -0.05) is 30.2 Å². The van der Waals surface area contributed by atoms with Crippen molar-refractivity contribution in [3.8, 4) is 35.5 Å². The summed E-state index contributed by atoms with van der Waals surface area (Å²) in [4.78, 5) is 18.6. The lowest BCUT2D eigenvalue weighted by Gasteiger charge is -2.33. The van der Waals surface area contributed by atoms with E-state index in [9.17, 15) is 8.78 Å². The van der Waals surface area contributed by atoms with Crippen LogP contribution in [0.4, 0.5) is 19.0 Å². The number of nitrogens with zero attached hydrogens (tertiary/aromatic N) is 5. The van der Waals surface area contributed by atoms with E-state index in [1.807, 2.05) is 7.05 Å². The molecule has 3 aliphatic heterocycles. The van der Waals surface area contributed by atoms with Gasteiger partial charge in [0.05, 0.1) is 17.6 Å². The normalized spacial score (nSPS) is 25.9. The van der Waals surface area contributed by atoms with Crippen molar-refractivity contribution in [3.63, 3.8) is 0 Å². The smallest absolute Gasteiger partial charge is 0.319 e. The van der Waals surface area contributed by atoms with Gasteiger partial charge in [-0.2, -0.15) is 9.97 Å². The Hall–Kier alpha value is -4.14. The van der Waals surface area contributed by atoms with E-state index in [1.54, 1.807) is 24.3 Å². The Morgan fingerprint density at radius 2 is 2.00 bits per heavy atom. The van der Waals surface area contributed by atoms with Gasteiger partial charge in [0.15, 0.2) is 5.82 Å². The average molecular weight is 629 g/mol. The third-order valence-corrected chi connectivity index (χ3v) is 10.4. The number of pyridine rings is 1. The summed E-state index contributed by atoms with van der Waals surface area (Å²) in [7, 11) is 1.95. The van der Waals surface area contributed by atoms with Crippen molar-refractivity contribution < 1.29 is 22.6 Å². The molecule has 8 rings (SSSR count). The summed E-state index contributed by atoms with van der Waals surface area (Å²) in [6, 6.07) is 8.47. The van der Waals surface area contributed by atoms with Crippen LogP contribution in [0.25, 0.3) is 32.9 Å². The van der Waals surface area contributed by atoms with E-state index in [4.69, 9.17) is 25.9 Å². The molecule has 2 aromatic carbocycles. The van der Waals surface area contributed by atoms with Crippen molar-refractivity contribution >= 4 is 27.5 Å². The summed E-state index contributed by atoms with van der Waals surface area (Å²) in [5.41, 5.74) is -0.119. The van der Waals surface area contributed by atoms with E-state index >= 15 is 4.39 Å². The number of rotatable bonds is 6. The zero-order chi connectivity index (χ0) is 31.6. The molecule has 5 heterocycles. The van der Waals surface area contributed by atoms with Crippen LogP contribution in [0, 0.1) is 24.0 Å². The molecule has 1 aliphatic carbocycles. The van der Waals surface area contributed by atoms with Gasteiger partial charge < -0.3 is 19.7 Å². The molecular weight excluding hydrogens is 593 g/mol. The molecule has 0 spiro atoms. The molecule has 0 bridgehead atoms. The highest BCUT2D eigenvalue weighted by atomic mass is 19.1. The maximum absolute atomic E-state index is 17.0. The maximum Gasteiger partial charge on any atom is 0.319 e. The maximum atomic E-state index is 17.0. The van der Waals surface area contributed by atoms with Gasteiger partial charge in [-0.3, -0.25) is 4.90 Å². The summed E-state index contributed by atoms with van der Waals surface area (Å²) in [6.07, 6.45) is 9.99. The number of likely N-dealkylation sites (N-methyl/N-ethyl adjacent to an activating group) is 1. The van der Waals surface area contributed by atoms with Crippen LogP contribution < -0.4 is 19.7 Å². The first-order chi connectivity index (χ1) is 22.4. The number of nitrogens with one attached hydrogen (secondary N) is 1. The second-order valence-corrected chi connectivity index (χ2v) is 12.9. The highest BCUT2D eigenvalue weighted by Crippen LogP contribution is 2.44. The van der Waals surface area contributed by atoms with E-state index in [0.717, 1.165) is 38.6 Å². The molecular formula is C35H35F3N6O2. The van der Waals surface area contributed by atoms with Crippen LogP contribution in [-0.4, -0.2) is 83.5 Å². The number of hydrogen-bond donors (Lipinski definition) is 1. The predicted molar refractivity (Wildman–Crippen MR) is 170 cm³/mol. The number of terminal acetylenes is 1. The molecule has 0 amide bonds. The van der Waals surface area contributed by atoms with Crippen LogP contribution in [0.3, 0.4) is 0 Å². The van der Waals surface area contributed by atoms with Gasteiger partial charge in [-0.05, 0) is 57.1 Å². The van der Waals surface area contributed by atoms with E-state index in [1.165, 1.54) is 6.07 Å². The first-order valence-electron chi connectivity index (χ1n) is 16.1. The summed E-state index contributed by atoms with van der Waals surface area (Å²) in [6.45, 7) is 2.22. The highest BCUT2D eigenvalue weighted by Gasteiger charge is 2.49. The van der Waals surface area contributed by atoms with Crippen molar-refractivity contribution in [1.82, 2.24) is 25.2 Å². The summed E-state index contributed by atoms with van der Waals surface area (Å²) in [5.74, 6) is 1.85. The Morgan fingerprint density at radius 3 is 2.85 bits per heavy atom. The Balaban J connectivity index is 1.32. The molecule has 2 aromatic heterocycles. The van der Waals surface area contributed by atoms with Crippen molar-refractivity contribution in [3.05, 3.63) is 47.5 Å². The predicted octanol–water partition coefficient (Wildman–Crippen LogP) is 5.40. The molecule has 4 aromatic rings. The van der Waals surface area contributed by atoms with E-state index < -0.39 is 23.3 Å². The van der Waals surface area contributed by atoms with Crippen molar-refractivity contribution in [2.75, 3.05) is 44.8 Å². The molecule has 11 heteroatoms. The first-order valence-corrected chi connectivity index (χ1v) is 16.1. The number of benzene rings is 2. The third-order valence-electron chi connectivity index (χ3n) is 10.4. The van der Waals surface area contributed by atoms with Gasteiger partial charge in [-0.25, -0.2) is 18.2 Å². The molecule has 2 saturated heterocycles. The van der Waals surface area contributed by atoms with E-state index in [2.05, 4.69) is 26.0 Å². The molecule has 0 radical (unpaired) electrons.